The number of ketones is 1. The number of hydrogen-bond acceptors (Lipinski definition) is 4. The smallest absolute Gasteiger partial charge is 0.307 e. The lowest BCUT2D eigenvalue weighted by Crippen LogP contribution is -2.23. The highest BCUT2D eigenvalue weighted by atomic mass is 16.5. The number of ether oxygens (including phenoxy) is 1. The molecule has 2 unspecified atom stereocenters. The van der Waals surface area contributed by atoms with Gasteiger partial charge < -0.3 is 14.7 Å². The van der Waals surface area contributed by atoms with Gasteiger partial charge in [-0.05, 0) is 12.0 Å². The summed E-state index contributed by atoms with van der Waals surface area (Å²) >= 11 is 0. The summed E-state index contributed by atoms with van der Waals surface area (Å²) < 4.78 is 5.85. The van der Waals surface area contributed by atoms with Gasteiger partial charge in [-0.1, -0.05) is 139 Å². The van der Waals surface area contributed by atoms with Crippen molar-refractivity contribution in [3.05, 3.63) is 71.3 Å². The van der Waals surface area contributed by atoms with E-state index in [0.29, 0.717) is 30.7 Å². The molecule has 2 aromatic carbocycles. The lowest BCUT2D eigenvalue weighted by molar-refractivity contribution is -0.145. The Hall–Kier alpha value is -2.99. The Morgan fingerprint density at radius 2 is 1.35 bits per heavy atom. The molecule has 1 amide bonds. The van der Waals surface area contributed by atoms with Crippen LogP contribution >= 0.6 is 0 Å². The van der Waals surface area contributed by atoms with Crippen LogP contribution in [0.2, 0.25) is 0 Å². The molecule has 0 radical (unpaired) electrons. The van der Waals surface area contributed by atoms with E-state index in [0.717, 1.165) is 24.8 Å². The van der Waals surface area contributed by atoms with Gasteiger partial charge in [-0.25, -0.2) is 0 Å². The van der Waals surface area contributed by atoms with Crippen LogP contribution in [0.15, 0.2) is 54.6 Å². The molecule has 2 atom stereocenters. The van der Waals surface area contributed by atoms with Crippen molar-refractivity contribution in [3.8, 4) is 0 Å². The Balaban J connectivity index is 1.27. The molecule has 1 aliphatic rings. The molecular formula is C34H47NO5. The number of carboxylic acids is 1. The molecular weight excluding hydrogens is 502 g/mol. The highest BCUT2D eigenvalue weighted by Crippen LogP contribution is 2.25. The first-order valence-electron chi connectivity index (χ1n) is 15.3. The summed E-state index contributed by atoms with van der Waals surface area (Å²) in [6.45, 7) is 3.07. The first-order valence-corrected chi connectivity index (χ1v) is 15.3. The molecule has 0 spiro atoms. The maximum absolute atomic E-state index is 12.7. The molecule has 2 aromatic rings. The minimum atomic E-state index is -0.888. The monoisotopic (exact) mass is 549 g/mol. The quantitative estimate of drug-likeness (QED) is 0.0976. The maximum Gasteiger partial charge on any atom is 0.307 e. The fraction of sp³-hybridized carbons (Fsp3) is 0.559. The molecule has 40 heavy (non-hydrogen) atoms. The SMILES string of the molecule is CCCCCCCCCCCCCCC(CC(=O)N1CC1OCc1ccc(C(=O)c2ccccc2)cc1)C(=O)O. The average Bonchev–Trinajstić information content (AvgIpc) is 3.76. The van der Waals surface area contributed by atoms with Gasteiger partial charge in [0.1, 0.15) is 0 Å². The number of unbranched alkanes of at least 4 members (excludes halogenated alkanes) is 11. The van der Waals surface area contributed by atoms with Gasteiger partial charge in [-0.3, -0.25) is 14.4 Å². The maximum atomic E-state index is 12.7. The summed E-state index contributed by atoms with van der Waals surface area (Å²) in [4.78, 5) is 38.6. The van der Waals surface area contributed by atoms with Gasteiger partial charge in [0.15, 0.2) is 12.0 Å². The number of aliphatic carboxylic acids is 1. The third-order valence-corrected chi connectivity index (χ3v) is 7.76. The Morgan fingerprint density at radius 3 is 1.93 bits per heavy atom. The zero-order chi connectivity index (χ0) is 28.6. The molecule has 218 valence electrons. The number of amides is 1. The number of carboxylic acid groups (broad SMARTS) is 1. The van der Waals surface area contributed by atoms with E-state index in [1.807, 2.05) is 30.3 Å². The van der Waals surface area contributed by atoms with E-state index in [1.165, 1.54) is 57.8 Å². The second-order valence-electron chi connectivity index (χ2n) is 11.1. The molecule has 6 heteroatoms. The molecule has 0 saturated carbocycles. The number of nitrogens with zero attached hydrogens (tertiary/aromatic N) is 1. The van der Waals surface area contributed by atoms with E-state index in [1.54, 1.807) is 29.2 Å². The first kappa shape index (κ1) is 31.5. The van der Waals surface area contributed by atoms with Gasteiger partial charge in [-0.15, -0.1) is 0 Å². The number of rotatable bonds is 21. The van der Waals surface area contributed by atoms with Crippen LogP contribution in [0.25, 0.3) is 0 Å². The fourth-order valence-electron chi connectivity index (χ4n) is 5.10. The molecule has 0 aliphatic carbocycles. The molecule has 1 fully saturated rings. The van der Waals surface area contributed by atoms with Crippen molar-refractivity contribution in [1.29, 1.82) is 0 Å². The average molecular weight is 550 g/mol. The molecule has 1 saturated heterocycles. The number of hydrogen-bond donors (Lipinski definition) is 1. The van der Waals surface area contributed by atoms with Crippen molar-refractivity contribution in [2.24, 2.45) is 5.92 Å². The van der Waals surface area contributed by atoms with Gasteiger partial charge in [0, 0.05) is 17.5 Å². The highest BCUT2D eigenvalue weighted by molar-refractivity contribution is 6.08. The zero-order valence-electron chi connectivity index (χ0n) is 24.2. The van der Waals surface area contributed by atoms with Crippen LogP contribution in [0, 0.1) is 5.92 Å². The second-order valence-corrected chi connectivity index (χ2v) is 11.1. The molecule has 6 nitrogen and oxygen atoms in total. The van der Waals surface area contributed by atoms with Gasteiger partial charge in [-0.2, -0.15) is 0 Å². The van der Waals surface area contributed by atoms with E-state index >= 15 is 0 Å². The van der Waals surface area contributed by atoms with Crippen LogP contribution in [0.1, 0.15) is 118 Å². The third-order valence-electron chi connectivity index (χ3n) is 7.76. The zero-order valence-corrected chi connectivity index (χ0v) is 24.2. The molecule has 1 heterocycles. The lowest BCUT2D eigenvalue weighted by Gasteiger charge is -2.13. The molecule has 0 bridgehead atoms. The fourth-order valence-corrected chi connectivity index (χ4v) is 5.10. The van der Waals surface area contributed by atoms with Gasteiger partial charge in [0.25, 0.3) is 0 Å². The third kappa shape index (κ3) is 11.2. The van der Waals surface area contributed by atoms with Gasteiger partial charge in [0.2, 0.25) is 5.91 Å². The van der Waals surface area contributed by atoms with Crippen LogP contribution in [-0.2, 0) is 20.9 Å². The van der Waals surface area contributed by atoms with E-state index in [-0.39, 0.29) is 24.3 Å². The Labute approximate surface area is 240 Å². The molecule has 1 N–H and O–H groups in total. The van der Waals surface area contributed by atoms with Crippen LogP contribution in [0.5, 0.6) is 0 Å². The summed E-state index contributed by atoms with van der Waals surface area (Å²) in [5.41, 5.74) is 2.18. The summed E-state index contributed by atoms with van der Waals surface area (Å²) in [5.74, 6) is -1.70. The van der Waals surface area contributed by atoms with Crippen molar-refractivity contribution in [3.63, 3.8) is 0 Å². The standard InChI is InChI=1S/C34H47NO5/c1-2-3-4-5-6-7-8-9-10-11-12-14-19-30(34(38)39)24-31(36)35-25-32(35)40-26-27-20-22-29(23-21-27)33(37)28-17-15-13-16-18-28/h13,15-18,20-23,30,32H,2-12,14,19,24-26H2,1H3,(H,38,39). The van der Waals surface area contributed by atoms with Crippen molar-refractivity contribution < 1.29 is 24.2 Å². The summed E-state index contributed by atoms with van der Waals surface area (Å²) in [7, 11) is 0. The predicted molar refractivity (Wildman–Crippen MR) is 158 cm³/mol. The van der Waals surface area contributed by atoms with Crippen LogP contribution in [0.3, 0.4) is 0 Å². The van der Waals surface area contributed by atoms with Crippen molar-refractivity contribution in [2.75, 3.05) is 6.54 Å². The van der Waals surface area contributed by atoms with Gasteiger partial charge >= 0.3 is 5.97 Å². The Morgan fingerprint density at radius 1 is 0.800 bits per heavy atom. The number of carbonyl (C=O) groups excluding carboxylic acids is 2. The van der Waals surface area contributed by atoms with Crippen molar-refractivity contribution in [1.82, 2.24) is 4.90 Å². The minimum absolute atomic E-state index is 0.0245. The highest BCUT2D eigenvalue weighted by Gasteiger charge is 2.40. The first-order chi connectivity index (χ1) is 19.5. The minimum Gasteiger partial charge on any atom is -0.481 e. The van der Waals surface area contributed by atoms with E-state index in [2.05, 4.69) is 6.92 Å². The van der Waals surface area contributed by atoms with Crippen LogP contribution in [0.4, 0.5) is 0 Å². The summed E-state index contributed by atoms with van der Waals surface area (Å²) in [6, 6.07) is 16.5. The van der Waals surface area contributed by atoms with Crippen molar-refractivity contribution >= 4 is 17.7 Å². The predicted octanol–water partition coefficient (Wildman–Crippen LogP) is 7.78. The van der Waals surface area contributed by atoms with E-state index < -0.39 is 11.9 Å². The summed E-state index contributed by atoms with van der Waals surface area (Å²) in [5, 5.41) is 9.63. The van der Waals surface area contributed by atoms with E-state index in [4.69, 9.17) is 4.74 Å². The Kier molecular flexibility index (Phi) is 13.9. The summed E-state index contributed by atoms with van der Waals surface area (Å²) in [6.07, 6.45) is 15.1. The topological polar surface area (TPSA) is 83.7 Å². The second kappa shape index (κ2) is 17.6. The van der Waals surface area contributed by atoms with E-state index in [9.17, 15) is 19.5 Å². The number of benzene rings is 2. The van der Waals surface area contributed by atoms with Gasteiger partial charge in [0.05, 0.1) is 19.1 Å². The molecule has 1 aliphatic heterocycles. The number of carbonyl (C=O) groups is 3. The lowest BCUT2D eigenvalue weighted by atomic mass is 9.96. The van der Waals surface area contributed by atoms with Crippen molar-refractivity contribution in [2.45, 2.75) is 110 Å². The molecule has 3 rings (SSSR count). The normalized spacial score (nSPS) is 15.1. The largest absolute Gasteiger partial charge is 0.481 e. The van der Waals surface area contributed by atoms with Crippen LogP contribution < -0.4 is 0 Å². The van der Waals surface area contributed by atoms with Crippen LogP contribution in [-0.4, -0.2) is 40.4 Å². The molecule has 0 aromatic heterocycles. The Bertz CT molecular complexity index is 1040.